The number of aromatic amines is 1. The number of nitrogens with one attached hydrogen (secondary N) is 3. The third-order valence-corrected chi connectivity index (χ3v) is 5.66. The molecule has 0 atom stereocenters. The molecule has 2 amide bonds. The van der Waals surface area contributed by atoms with Crippen LogP contribution in [-0.2, 0) is 17.5 Å². The van der Waals surface area contributed by atoms with Crippen LogP contribution >= 0.6 is 12.4 Å². The number of carbonyl (C=O) groups is 2. The summed E-state index contributed by atoms with van der Waals surface area (Å²) in [7, 11) is 1.49. The molecule has 0 aliphatic rings. The number of amides is 2. The number of ether oxygens (including phenoxy) is 1. The zero-order chi connectivity index (χ0) is 26.0. The molecule has 3 N–H and O–H groups in total. The number of imidazole rings is 1. The highest BCUT2D eigenvalue weighted by atomic mass is 35.5. The van der Waals surface area contributed by atoms with Crippen molar-refractivity contribution in [1.82, 2.24) is 9.97 Å². The minimum absolute atomic E-state index is 0. The Morgan fingerprint density at radius 3 is 2.27 bits per heavy atom. The van der Waals surface area contributed by atoms with Crippen LogP contribution in [-0.4, -0.2) is 28.9 Å². The molecule has 1 aromatic heterocycles. The summed E-state index contributed by atoms with van der Waals surface area (Å²) in [5, 5.41) is 5.30. The number of alkyl halides is 3. The number of carbonyl (C=O) groups excluding carboxylic acids is 2. The largest absolute Gasteiger partial charge is 0.417 e. The summed E-state index contributed by atoms with van der Waals surface area (Å²) in [6, 6.07) is 12.8. The average molecular weight is 533 g/mol. The molecule has 11 heteroatoms. The highest BCUT2D eigenvalue weighted by Gasteiger charge is 2.35. The van der Waals surface area contributed by atoms with Gasteiger partial charge in [0.15, 0.2) is 0 Å². The second-order valence-corrected chi connectivity index (χ2v) is 8.29. The fourth-order valence-electron chi connectivity index (χ4n) is 3.76. The van der Waals surface area contributed by atoms with Gasteiger partial charge in [-0.2, -0.15) is 13.2 Å². The van der Waals surface area contributed by atoms with Crippen molar-refractivity contribution in [3.8, 4) is 0 Å². The van der Waals surface area contributed by atoms with Crippen LogP contribution in [0, 0.1) is 13.8 Å². The Bertz CT molecular complexity index is 1470. The van der Waals surface area contributed by atoms with E-state index >= 15 is 0 Å². The Morgan fingerprint density at radius 1 is 0.919 bits per heavy atom. The molecule has 0 bridgehead atoms. The number of hydrogen-bond acceptors (Lipinski definition) is 4. The maximum Gasteiger partial charge on any atom is 0.417 e. The summed E-state index contributed by atoms with van der Waals surface area (Å²) in [5.74, 6) is -1.01. The number of rotatable bonds is 6. The van der Waals surface area contributed by atoms with Gasteiger partial charge in [-0.15, -0.1) is 12.4 Å². The maximum absolute atomic E-state index is 13.4. The lowest BCUT2D eigenvalue weighted by Crippen LogP contribution is -2.19. The van der Waals surface area contributed by atoms with Gasteiger partial charge < -0.3 is 20.4 Å². The van der Waals surface area contributed by atoms with Crippen molar-refractivity contribution >= 4 is 46.6 Å². The predicted octanol–water partition coefficient (Wildman–Crippen LogP) is 6.27. The van der Waals surface area contributed by atoms with Gasteiger partial charge >= 0.3 is 6.18 Å². The van der Waals surface area contributed by atoms with E-state index in [1.54, 1.807) is 6.07 Å². The van der Waals surface area contributed by atoms with Crippen LogP contribution in [0.15, 0.2) is 54.6 Å². The minimum atomic E-state index is -4.70. The van der Waals surface area contributed by atoms with E-state index in [2.05, 4.69) is 20.6 Å². The van der Waals surface area contributed by atoms with Crippen molar-refractivity contribution in [2.45, 2.75) is 26.6 Å². The molecule has 0 saturated carbocycles. The van der Waals surface area contributed by atoms with E-state index < -0.39 is 29.1 Å². The van der Waals surface area contributed by atoms with Crippen LogP contribution in [0.4, 0.5) is 24.5 Å². The quantitative estimate of drug-likeness (QED) is 0.273. The van der Waals surface area contributed by atoms with E-state index in [4.69, 9.17) is 4.74 Å². The van der Waals surface area contributed by atoms with E-state index in [9.17, 15) is 22.8 Å². The van der Waals surface area contributed by atoms with E-state index in [0.717, 1.165) is 23.3 Å². The normalized spacial score (nSPS) is 11.2. The Hall–Kier alpha value is -3.89. The van der Waals surface area contributed by atoms with Crippen molar-refractivity contribution in [2.75, 3.05) is 17.7 Å². The third-order valence-electron chi connectivity index (χ3n) is 5.66. The molecule has 7 nitrogen and oxygen atoms in total. The third kappa shape index (κ3) is 6.10. The van der Waals surface area contributed by atoms with Gasteiger partial charge in [-0.25, -0.2) is 4.98 Å². The Labute approximate surface area is 216 Å². The number of benzene rings is 3. The molecule has 194 valence electrons. The van der Waals surface area contributed by atoms with Gasteiger partial charge in [0.1, 0.15) is 17.9 Å². The standard InChI is InChI=1S/C26H23F3N4O3.ClH/c1-14-8-9-16(10-15(14)2)30-25(35)19-11-17(12-21-23(19)33-22(32-21)13-36-3)31-24(34)18-6-4-5-7-20(18)26(27,28)29;/h4-12H,13H2,1-3H3,(H,30,35)(H,31,34)(H,32,33);1H. The lowest BCUT2D eigenvalue weighted by molar-refractivity contribution is -0.137. The number of aromatic nitrogens is 2. The zero-order valence-corrected chi connectivity index (χ0v) is 20.9. The molecule has 4 aromatic rings. The molecule has 3 aromatic carbocycles. The van der Waals surface area contributed by atoms with Gasteiger partial charge in [0.2, 0.25) is 0 Å². The molecule has 4 rings (SSSR count). The summed E-state index contributed by atoms with van der Waals surface area (Å²) >= 11 is 0. The highest BCUT2D eigenvalue weighted by Crippen LogP contribution is 2.32. The molecule has 0 unspecified atom stereocenters. The molecule has 37 heavy (non-hydrogen) atoms. The highest BCUT2D eigenvalue weighted by molar-refractivity contribution is 6.14. The number of nitrogens with zero attached hydrogens (tertiary/aromatic N) is 1. The van der Waals surface area contributed by atoms with Crippen LogP contribution in [0.1, 0.15) is 43.2 Å². The topological polar surface area (TPSA) is 96.1 Å². The van der Waals surface area contributed by atoms with E-state index in [-0.39, 0.29) is 30.3 Å². The van der Waals surface area contributed by atoms with E-state index in [0.29, 0.717) is 22.5 Å². The van der Waals surface area contributed by atoms with Gasteiger partial charge in [0.05, 0.1) is 22.2 Å². The second kappa shape index (κ2) is 11.0. The molecule has 0 spiro atoms. The molecule has 0 aliphatic carbocycles. The number of aryl methyl sites for hydroxylation is 2. The Kier molecular flexibility index (Phi) is 8.25. The summed E-state index contributed by atoms with van der Waals surface area (Å²) in [5.41, 5.74) is 2.03. The first-order valence-electron chi connectivity index (χ1n) is 10.9. The summed E-state index contributed by atoms with van der Waals surface area (Å²) in [6.45, 7) is 4.02. The van der Waals surface area contributed by atoms with Crippen LogP contribution in [0.2, 0.25) is 0 Å². The molecule has 0 saturated heterocycles. The van der Waals surface area contributed by atoms with Crippen molar-refractivity contribution in [1.29, 1.82) is 0 Å². The maximum atomic E-state index is 13.4. The first-order valence-corrected chi connectivity index (χ1v) is 10.9. The number of H-pyrrole nitrogens is 1. The second-order valence-electron chi connectivity index (χ2n) is 8.29. The lowest BCUT2D eigenvalue weighted by atomic mass is 10.1. The number of halogens is 4. The first kappa shape index (κ1) is 27.7. The van der Waals surface area contributed by atoms with Crippen LogP contribution in [0.25, 0.3) is 11.0 Å². The summed E-state index contributed by atoms with van der Waals surface area (Å²) in [6.07, 6.45) is -4.70. The van der Waals surface area contributed by atoms with Crippen molar-refractivity contribution in [3.63, 3.8) is 0 Å². The van der Waals surface area contributed by atoms with Crippen LogP contribution in [0.3, 0.4) is 0 Å². The average Bonchev–Trinajstić information content (AvgIpc) is 3.23. The van der Waals surface area contributed by atoms with Crippen molar-refractivity contribution in [3.05, 3.63) is 88.2 Å². The molecular formula is C26H24ClF3N4O3. The van der Waals surface area contributed by atoms with Crippen LogP contribution < -0.4 is 10.6 Å². The zero-order valence-electron chi connectivity index (χ0n) is 20.1. The fraction of sp³-hybridized carbons (Fsp3) is 0.192. The Morgan fingerprint density at radius 2 is 1.59 bits per heavy atom. The smallest absolute Gasteiger partial charge is 0.377 e. The van der Waals surface area contributed by atoms with Crippen LogP contribution in [0.5, 0.6) is 0 Å². The van der Waals surface area contributed by atoms with Crippen molar-refractivity contribution < 1.29 is 27.5 Å². The molecule has 0 fully saturated rings. The molecule has 0 aliphatic heterocycles. The summed E-state index contributed by atoms with van der Waals surface area (Å²) in [4.78, 5) is 33.5. The van der Waals surface area contributed by atoms with E-state index in [1.165, 1.54) is 31.4 Å². The monoisotopic (exact) mass is 532 g/mol. The Balaban J connectivity index is 0.00000380. The lowest BCUT2D eigenvalue weighted by Gasteiger charge is -2.13. The number of hydrogen-bond donors (Lipinski definition) is 3. The van der Waals surface area contributed by atoms with Gasteiger partial charge in [-0.3, -0.25) is 9.59 Å². The van der Waals surface area contributed by atoms with E-state index in [1.807, 2.05) is 26.0 Å². The fourth-order valence-corrected chi connectivity index (χ4v) is 3.76. The van der Waals surface area contributed by atoms with Gasteiger partial charge in [-0.1, -0.05) is 18.2 Å². The molecule has 1 heterocycles. The predicted molar refractivity (Wildman–Crippen MR) is 137 cm³/mol. The van der Waals surface area contributed by atoms with Gasteiger partial charge in [0.25, 0.3) is 11.8 Å². The van der Waals surface area contributed by atoms with Crippen molar-refractivity contribution in [2.24, 2.45) is 0 Å². The number of fused-ring (bicyclic) bond motifs is 1. The number of anilines is 2. The number of methoxy groups -OCH3 is 1. The summed E-state index contributed by atoms with van der Waals surface area (Å²) < 4.78 is 45.3. The molecular weight excluding hydrogens is 509 g/mol. The molecule has 0 radical (unpaired) electrons. The van der Waals surface area contributed by atoms with Gasteiger partial charge in [0, 0.05) is 18.5 Å². The minimum Gasteiger partial charge on any atom is -0.377 e. The van der Waals surface area contributed by atoms with Gasteiger partial charge in [-0.05, 0) is 61.4 Å². The SMILES string of the molecule is COCc1nc2c(C(=O)Nc3ccc(C)c(C)c3)cc(NC(=O)c3ccccc3C(F)(F)F)cc2[nH]1.Cl. The first-order chi connectivity index (χ1) is 17.1.